The Hall–Kier alpha value is -1.60. The highest BCUT2D eigenvalue weighted by Gasteiger charge is 2.25. The van der Waals surface area contributed by atoms with E-state index in [1.807, 2.05) is 24.8 Å². The zero-order valence-corrected chi connectivity index (χ0v) is 18.6. The average molecular weight is 422 g/mol. The molecule has 7 heteroatoms. The monoisotopic (exact) mass is 421 g/mol. The van der Waals surface area contributed by atoms with E-state index in [4.69, 9.17) is 0 Å². The first kappa shape index (κ1) is 22.1. The number of urea groups is 1. The molecule has 1 heterocycles. The van der Waals surface area contributed by atoms with Gasteiger partial charge in [0.1, 0.15) is 0 Å². The number of benzene rings is 1. The van der Waals surface area contributed by atoms with Gasteiger partial charge in [0.2, 0.25) is 10.0 Å². The molecule has 29 heavy (non-hydrogen) atoms. The van der Waals surface area contributed by atoms with Crippen LogP contribution in [0.5, 0.6) is 0 Å². The van der Waals surface area contributed by atoms with Gasteiger partial charge in [-0.25, -0.2) is 17.9 Å². The molecule has 2 aliphatic rings. The summed E-state index contributed by atoms with van der Waals surface area (Å²) in [5, 5.41) is 3.19. The van der Waals surface area contributed by atoms with Crippen LogP contribution in [0.1, 0.15) is 62.5 Å². The number of carbonyl (C=O) groups is 1. The predicted octanol–water partition coefficient (Wildman–Crippen LogP) is 3.73. The Kier molecular flexibility index (Phi) is 7.57. The minimum absolute atomic E-state index is 0.0748. The second-order valence-corrected chi connectivity index (χ2v) is 10.4. The molecule has 0 spiro atoms. The van der Waals surface area contributed by atoms with E-state index in [0.717, 1.165) is 56.3 Å². The Labute approximate surface area is 175 Å². The van der Waals surface area contributed by atoms with Crippen LogP contribution in [-0.2, 0) is 10.0 Å². The van der Waals surface area contributed by atoms with Crippen LogP contribution < -0.4 is 10.0 Å². The lowest BCUT2D eigenvalue weighted by Gasteiger charge is -2.34. The zero-order chi connectivity index (χ0) is 20.9. The molecule has 2 N–H and O–H groups in total. The van der Waals surface area contributed by atoms with Crippen LogP contribution in [0.15, 0.2) is 23.1 Å². The van der Waals surface area contributed by atoms with Gasteiger partial charge in [-0.2, -0.15) is 0 Å². The van der Waals surface area contributed by atoms with Crippen molar-refractivity contribution in [1.82, 2.24) is 14.9 Å². The first-order valence-electron chi connectivity index (χ1n) is 11.0. The molecule has 0 aromatic heterocycles. The third kappa shape index (κ3) is 6.19. The molecular formula is C22H35N3O3S. The summed E-state index contributed by atoms with van der Waals surface area (Å²) in [5.41, 5.74) is 2.06. The number of hydrogen-bond acceptors (Lipinski definition) is 3. The molecule has 1 saturated carbocycles. The van der Waals surface area contributed by atoms with Gasteiger partial charge in [-0.05, 0) is 75.1 Å². The number of likely N-dealkylation sites (tertiary alicyclic amines) is 1. The van der Waals surface area contributed by atoms with Crippen molar-refractivity contribution in [3.63, 3.8) is 0 Å². The van der Waals surface area contributed by atoms with Crippen molar-refractivity contribution in [2.45, 2.75) is 76.2 Å². The van der Waals surface area contributed by atoms with E-state index in [1.54, 1.807) is 12.1 Å². The second kappa shape index (κ2) is 9.94. The van der Waals surface area contributed by atoms with Gasteiger partial charge in [0.15, 0.2) is 0 Å². The molecule has 2 fully saturated rings. The molecule has 0 bridgehead atoms. The molecule has 0 atom stereocenters. The molecule has 1 aliphatic heterocycles. The molecular weight excluding hydrogens is 386 g/mol. The number of nitrogens with one attached hydrogen (secondary N) is 2. The summed E-state index contributed by atoms with van der Waals surface area (Å²) in [6, 6.07) is 5.65. The third-order valence-electron chi connectivity index (χ3n) is 6.47. The SMILES string of the molecule is Cc1ccc(S(=O)(=O)NCCC2CCN(C(=O)NC3CCCCC3)CC2)cc1C. The largest absolute Gasteiger partial charge is 0.335 e. The standard InChI is InChI=1S/C22H35N3O3S/c1-17-8-9-21(16-18(17)2)29(27,28)23-13-10-19-11-14-25(15-12-19)22(26)24-20-6-4-3-5-7-20/h8-9,16,19-20,23H,3-7,10-15H2,1-2H3,(H,24,26). The highest BCUT2D eigenvalue weighted by molar-refractivity contribution is 7.89. The highest BCUT2D eigenvalue weighted by Crippen LogP contribution is 2.22. The first-order chi connectivity index (χ1) is 13.8. The van der Waals surface area contributed by atoms with E-state index in [9.17, 15) is 13.2 Å². The van der Waals surface area contributed by atoms with Crippen molar-refractivity contribution >= 4 is 16.1 Å². The fraction of sp³-hybridized carbons (Fsp3) is 0.682. The fourth-order valence-corrected chi connectivity index (χ4v) is 5.43. The molecule has 2 amide bonds. The Morgan fingerprint density at radius 3 is 2.38 bits per heavy atom. The van der Waals surface area contributed by atoms with Crippen LogP contribution in [0.25, 0.3) is 0 Å². The van der Waals surface area contributed by atoms with Gasteiger partial charge in [0.25, 0.3) is 0 Å². The van der Waals surface area contributed by atoms with E-state index in [2.05, 4.69) is 10.0 Å². The lowest BCUT2D eigenvalue weighted by Crippen LogP contribution is -2.48. The zero-order valence-electron chi connectivity index (χ0n) is 17.7. The summed E-state index contributed by atoms with van der Waals surface area (Å²) in [6.45, 7) is 5.85. The number of nitrogens with zero attached hydrogens (tertiary/aromatic N) is 1. The van der Waals surface area contributed by atoms with Crippen molar-refractivity contribution in [3.8, 4) is 0 Å². The van der Waals surface area contributed by atoms with Gasteiger partial charge in [0, 0.05) is 25.7 Å². The molecule has 6 nitrogen and oxygen atoms in total. The number of sulfonamides is 1. The molecule has 0 unspecified atom stereocenters. The van der Waals surface area contributed by atoms with Gasteiger partial charge < -0.3 is 10.2 Å². The quantitative estimate of drug-likeness (QED) is 0.735. The normalized spacial score (nSPS) is 19.3. The Morgan fingerprint density at radius 2 is 1.72 bits per heavy atom. The number of amides is 2. The van der Waals surface area contributed by atoms with Crippen LogP contribution in [0, 0.1) is 19.8 Å². The minimum atomic E-state index is -3.47. The molecule has 1 aromatic carbocycles. The van der Waals surface area contributed by atoms with Gasteiger partial charge in [-0.15, -0.1) is 0 Å². The summed E-state index contributed by atoms with van der Waals surface area (Å²) in [6.07, 6.45) is 8.59. The predicted molar refractivity (Wildman–Crippen MR) is 115 cm³/mol. The van der Waals surface area contributed by atoms with Crippen LogP contribution in [0.3, 0.4) is 0 Å². The van der Waals surface area contributed by atoms with E-state index in [-0.39, 0.29) is 6.03 Å². The third-order valence-corrected chi connectivity index (χ3v) is 7.93. The number of piperidine rings is 1. The summed E-state index contributed by atoms with van der Waals surface area (Å²) < 4.78 is 27.7. The Bertz CT molecular complexity index is 796. The molecule has 1 saturated heterocycles. The van der Waals surface area contributed by atoms with E-state index >= 15 is 0 Å². The van der Waals surface area contributed by atoms with Crippen molar-refractivity contribution in [3.05, 3.63) is 29.3 Å². The molecule has 162 valence electrons. The summed E-state index contributed by atoms with van der Waals surface area (Å²) in [7, 11) is -3.47. The molecule has 3 rings (SSSR count). The minimum Gasteiger partial charge on any atom is -0.335 e. The van der Waals surface area contributed by atoms with Gasteiger partial charge >= 0.3 is 6.03 Å². The van der Waals surface area contributed by atoms with E-state index < -0.39 is 10.0 Å². The van der Waals surface area contributed by atoms with E-state index in [0.29, 0.717) is 23.4 Å². The Morgan fingerprint density at radius 1 is 1.03 bits per heavy atom. The van der Waals surface area contributed by atoms with Crippen LogP contribution in [0.4, 0.5) is 4.79 Å². The fourth-order valence-electron chi connectivity index (χ4n) is 4.30. The summed E-state index contributed by atoms with van der Waals surface area (Å²) in [4.78, 5) is 14.7. The number of aryl methyl sites for hydroxylation is 2. The van der Waals surface area contributed by atoms with Crippen molar-refractivity contribution in [2.24, 2.45) is 5.92 Å². The Balaban J connectivity index is 1.39. The van der Waals surface area contributed by atoms with Crippen LogP contribution in [-0.4, -0.2) is 45.0 Å². The molecule has 1 aliphatic carbocycles. The summed E-state index contributed by atoms with van der Waals surface area (Å²) >= 11 is 0. The van der Waals surface area contributed by atoms with Gasteiger partial charge in [0.05, 0.1) is 4.90 Å². The first-order valence-corrected chi connectivity index (χ1v) is 12.5. The average Bonchev–Trinajstić information content (AvgIpc) is 2.71. The maximum atomic E-state index is 12.5. The number of hydrogen-bond donors (Lipinski definition) is 2. The van der Waals surface area contributed by atoms with Crippen LogP contribution >= 0.6 is 0 Å². The topological polar surface area (TPSA) is 78.5 Å². The lowest BCUT2D eigenvalue weighted by atomic mass is 9.93. The maximum absolute atomic E-state index is 12.5. The number of carbonyl (C=O) groups excluding carboxylic acids is 1. The summed E-state index contributed by atoms with van der Waals surface area (Å²) in [5.74, 6) is 0.455. The molecule has 1 aromatic rings. The number of rotatable bonds is 6. The highest BCUT2D eigenvalue weighted by atomic mass is 32.2. The van der Waals surface area contributed by atoms with Gasteiger partial charge in [-0.3, -0.25) is 0 Å². The van der Waals surface area contributed by atoms with Crippen molar-refractivity contribution < 1.29 is 13.2 Å². The smallest absolute Gasteiger partial charge is 0.317 e. The van der Waals surface area contributed by atoms with Crippen molar-refractivity contribution in [2.75, 3.05) is 19.6 Å². The molecule has 0 radical (unpaired) electrons. The van der Waals surface area contributed by atoms with Crippen molar-refractivity contribution in [1.29, 1.82) is 0 Å². The van der Waals surface area contributed by atoms with Gasteiger partial charge in [-0.1, -0.05) is 25.3 Å². The second-order valence-electron chi connectivity index (χ2n) is 8.65. The van der Waals surface area contributed by atoms with E-state index in [1.165, 1.54) is 19.3 Å². The lowest BCUT2D eigenvalue weighted by molar-refractivity contribution is 0.162. The van der Waals surface area contributed by atoms with Crippen LogP contribution in [0.2, 0.25) is 0 Å². The maximum Gasteiger partial charge on any atom is 0.317 e.